The Morgan fingerprint density at radius 1 is 0.900 bits per heavy atom. The van der Waals surface area contributed by atoms with Crippen molar-refractivity contribution < 1.29 is 0 Å². The fourth-order valence-electron chi connectivity index (χ4n) is 0.418. The van der Waals surface area contributed by atoms with Crippen LogP contribution in [0.25, 0.3) is 0 Å². The highest BCUT2D eigenvalue weighted by atomic mass is 35.5. The molecule has 0 bridgehead atoms. The van der Waals surface area contributed by atoms with Crippen molar-refractivity contribution in [3.8, 4) is 0 Å². The van der Waals surface area contributed by atoms with Gasteiger partial charge in [-0.3, -0.25) is 0 Å². The molecule has 1 heterocycles. The lowest BCUT2D eigenvalue weighted by atomic mass is 10.4. The third-order valence-corrected chi connectivity index (χ3v) is 1.52. The number of nitrogens with zero attached hydrogens (tertiary/aromatic N) is 2. The van der Waals surface area contributed by atoms with Gasteiger partial charge < -0.3 is 11.5 Å². The van der Waals surface area contributed by atoms with E-state index < -0.39 is 0 Å². The molecule has 0 spiro atoms. The number of hydrogen-bond acceptors (Lipinski definition) is 4. The molecule has 6 heteroatoms. The molecule has 0 fully saturated rings. The monoisotopic (exact) mass is 178 g/mol. The first-order valence-electron chi connectivity index (χ1n) is 2.35. The van der Waals surface area contributed by atoms with Crippen molar-refractivity contribution in [2.75, 3.05) is 11.5 Å². The summed E-state index contributed by atoms with van der Waals surface area (Å²) in [6, 6.07) is 0. The Kier molecular flexibility index (Phi) is 1.82. The number of rotatable bonds is 0. The summed E-state index contributed by atoms with van der Waals surface area (Å²) in [7, 11) is 0. The summed E-state index contributed by atoms with van der Waals surface area (Å²) < 4.78 is 0. The van der Waals surface area contributed by atoms with Crippen LogP contribution in [0.4, 0.5) is 11.4 Å². The Morgan fingerprint density at radius 2 is 1.20 bits per heavy atom. The van der Waals surface area contributed by atoms with Gasteiger partial charge in [-0.15, -0.1) is 10.2 Å². The molecule has 0 aliphatic rings. The molecule has 54 valence electrons. The fourth-order valence-corrected chi connectivity index (χ4v) is 0.697. The average Bonchev–Trinajstić information content (AvgIpc) is 1.93. The van der Waals surface area contributed by atoms with E-state index in [9.17, 15) is 0 Å². The molecule has 0 radical (unpaired) electrons. The zero-order valence-corrected chi connectivity index (χ0v) is 6.32. The number of hydrogen-bond donors (Lipinski definition) is 2. The number of anilines is 2. The van der Waals surface area contributed by atoms with E-state index in [1.165, 1.54) is 0 Å². The van der Waals surface area contributed by atoms with Gasteiger partial charge >= 0.3 is 0 Å². The highest BCUT2D eigenvalue weighted by Crippen LogP contribution is 2.26. The molecule has 0 atom stereocenters. The van der Waals surface area contributed by atoms with Gasteiger partial charge in [-0.2, -0.15) is 0 Å². The summed E-state index contributed by atoms with van der Waals surface area (Å²) in [5, 5.41) is 6.98. The largest absolute Gasteiger partial charge is 0.394 e. The van der Waals surface area contributed by atoms with Crippen molar-refractivity contribution >= 4 is 34.6 Å². The van der Waals surface area contributed by atoms with Crippen LogP contribution in [0.5, 0.6) is 0 Å². The van der Waals surface area contributed by atoms with Crippen LogP contribution in [-0.2, 0) is 0 Å². The Balaban J connectivity index is 3.34. The Hall–Kier alpha value is -0.740. The lowest BCUT2D eigenvalue weighted by Gasteiger charge is -2.00. The number of nitrogens with two attached hydrogens (primary N) is 2. The third-order valence-electron chi connectivity index (χ3n) is 0.960. The van der Waals surface area contributed by atoms with Crippen LogP contribution in [-0.4, -0.2) is 10.2 Å². The first-order valence-corrected chi connectivity index (χ1v) is 3.11. The summed E-state index contributed by atoms with van der Waals surface area (Å²) in [6.45, 7) is 0. The van der Waals surface area contributed by atoms with E-state index in [0.717, 1.165) is 0 Å². The quantitative estimate of drug-likeness (QED) is 0.621. The van der Waals surface area contributed by atoms with E-state index in [1.807, 2.05) is 0 Å². The molecule has 1 rings (SSSR count). The topological polar surface area (TPSA) is 77.8 Å². The molecule has 0 saturated heterocycles. The molecule has 0 saturated carbocycles. The van der Waals surface area contributed by atoms with E-state index in [-0.39, 0.29) is 21.7 Å². The van der Waals surface area contributed by atoms with Crippen molar-refractivity contribution in [3.05, 3.63) is 10.3 Å². The molecule has 0 amide bonds. The second-order valence-corrected chi connectivity index (χ2v) is 2.32. The van der Waals surface area contributed by atoms with Gasteiger partial charge in [0.05, 0.1) is 11.4 Å². The first-order chi connectivity index (χ1) is 4.63. The Morgan fingerprint density at radius 3 is 1.50 bits per heavy atom. The lowest BCUT2D eigenvalue weighted by molar-refractivity contribution is 1.04. The summed E-state index contributed by atoms with van der Waals surface area (Å²) in [5.74, 6) is 0. The van der Waals surface area contributed by atoms with Gasteiger partial charge in [0.1, 0.15) is 0 Å². The molecule has 0 unspecified atom stereocenters. The molecule has 0 aromatic carbocycles. The van der Waals surface area contributed by atoms with Gasteiger partial charge in [0.2, 0.25) is 0 Å². The molecular formula is C4H4Cl2N4. The smallest absolute Gasteiger partial charge is 0.176 e. The van der Waals surface area contributed by atoms with Crippen molar-refractivity contribution in [2.24, 2.45) is 0 Å². The molecule has 4 N–H and O–H groups in total. The van der Waals surface area contributed by atoms with E-state index in [2.05, 4.69) is 10.2 Å². The van der Waals surface area contributed by atoms with Crippen LogP contribution in [0.1, 0.15) is 0 Å². The standard InChI is InChI=1S/C4H4Cl2N4/c5-3-1(7)2(8)4(6)10-9-3/h(H2,7,10)(H2,8,9). The third kappa shape index (κ3) is 1.08. The minimum Gasteiger partial charge on any atom is -0.394 e. The zero-order chi connectivity index (χ0) is 7.72. The van der Waals surface area contributed by atoms with Crippen LogP contribution in [0.3, 0.4) is 0 Å². The molecule has 1 aromatic rings. The first kappa shape index (κ1) is 7.37. The fraction of sp³-hybridized carbons (Fsp3) is 0. The maximum absolute atomic E-state index is 5.45. The lowest BCUT2D eigenvalue weighted by Crippen LogP contribution is -2.00. The van der Waals surface area contributed by atoms with E-state index in [4.69, 9.17) is 34.7 Å². The number of halogens is 2. The molecule has 1 aromatic heterocycles. The van der Waals surface area contributed by atoms with E-state index >= 15 is 0 Å². The van der Waals surface area contributed by atoms with Gasteiger partial charge in [-0.25, -0.2) is 0 Å². The van der Waals surface area contributed by atoms with Crippen molar-refractivity contribution in [1.82, 2.24) is 10.2 Å². The second-order valence-electron chi connectivity index (χ2n) is 1.61. The summed E-state index contributed by atoms with van der Waals surface area (Å²) in [5.41, 5.74) is 11.0. The SMILES string of the molecule is Nc1c(Cl)nnc(Cl)c1N. The predicted molar refractivity (Wildman–Crippen MR) is 40.9 cm³/mol. The maximum Gasteiger partial charge on any atom is 0.176 e. The van der Waals surface area contributed by atoms with Crippen LogP contribution < -0.4 is 11.5 Å². The average molecular weight is 179 g/mol. The molecule has 0 aliphatic heterocycles. The van der Waals surface area contributed by atoms with Crippen LogP contribution in [0.15, 0.2) is 0 Å². The van der Waals surface area contributed by atoms with Crippen LogP contribution in [0.2, 0.25) is 10.3 Å². The Bertz CT molecular complexity index is 235. The van der Waals surface area contributed by atoms with E-state index in [0.29, 0.717) is 0 Å². The van der Waals surface area contributed by atoms with Gasteiger partial charge in [-0.1, -0.05) is 23.2 Å². The van der Waals surface area contributed by atoms with Crippen LogP contribution >= 0.6 is 23.2 Å². The van der Waals surface area contributed by atoms with Crippen molar-refractivity contribution in [2.45, 2.75) is 0 Å². The highest BCUT2D eigenvalue weighted by Gasteiger charge is 2.06. The molecular weight excluding hydrogens is 175 g/mol. The minimum absolute atomic E-state index is 0.0712. The van der Waals surface area contributed by atoms with Crippen LogP contribution in [0, 0.1) is 0 Å². The van der Waals surface area contributed by atoms with Crippen molar-refractivity contribution in [1.29, 1.82) is 0 Å². The second kappa shape index (κ2) is 2.48. The molecule has 0 aliphatic carbocycles. The normalized spacial score (nSPS) is 9.80. The summed E-state index contributed by atoms with van der Waals surface area (Å²) in [6.07, 6.45) is 0. The highest BCUT2D eigenvalue weighted by molar-refractivity contribution is 6.35. The Labute approximate surface area is 67.1 Å². The predicted octanol–water partition coefficient (Wildman–Crippen LogP) is 0.948. The van der Waals surface area contributed by atoms with Crippen molar-refractivity contribution in [3.63, 3.8) is 0 Å². The van der Waals surface area contributed by atoms with Gasteiger partial charge in [0, 0.05) is 0 Å². The van der Waals surface area contributed by atoms with Gasteiger partial charge in [0.15, 0.2) is 10.3 Å². The van der Waals surface area contributed by atoms with Gasteiger partial charge in [-0.05, 0) is 0 Å². The molecule has 4 nitrogen and oxygen atoms in total. The van der Waals surface area contributed by atoms with Gasteiger partial charge in [0.25, 0.3) is 0 Å². The molecule has 10 heavy (non-hydrogen) atoms. The summed E-state index contributed by atoms with van der Waals surface area (Å²) in [4.78, 5) is 0. The maximum atomic E-state index is 5.45. The summed E-state index contributed by atoms with van der Waals surface area (Å²) >= 11 is 10.9. The number of nitrogen functional groups attached to an aromatic ring is 2. The zero-order valence-electron chi connectivity index (χ0n) is 4.81. The van der Waals surface area contributed by atoms with E-state index in [1.54, 1.807) is 0 Å². The number of aromatic nitrogens is 2. The minimum atomic E-state index is 0.0712.